The third kappa shape index (κ3) is 9.95. The summed E-state index contributed by atoms with van der Waals surface area (Å²) >= 11 is 0. The Morgan fingerprint density at radius 3 is 2.34 bits per heavy atom. The van der Waals surface area contributed by atoms with Gasteiger partial charge in [0.1, 0.15) is 5.71 Å². The molecule has 2 aromatic rings. The Labute approximate surface area is 283 Å². The number of unbranched alkanes of at least 4 members (excludes halogenated alkanes) is 9. The van der Waals surface area contributed by atoms with Crippen molar-refractivity contribution in [3.8, 4) is 0 Å². The molecule has 0 aliphatic carbocycles. The molecule has 1 unspecified atom stereocenters. The number of aromatic nitrogens is 3. The van der Waals surface area contributed by atoms with Gasteiger partial charge in [0.05, 0.1) is 17.2 Å². The van der Waals surface area contributed by atoms with Gasteiger partial charge in [-0.2, -0.15) is 5.10 Å². The van der Waals surface area contributed by atoms with Crippen molar-refractivity contribution in [2.45, 2.75) is 137 Å². The number of nitrogens with one attached hydrogen (secondary N) is 1. The SMILES string of the molecule is CCCCCCCCCCCCS(=O)(=O)NCC(C)c1nc2n(n1)N=C(C(C)(C)C)C2=Nc1cc2c(cc1C)N(CCCO)[C@@H](C)C2. The van der Waals surface area contributed by atoms with E-state index in [1.165, 1.54) is 56.2 Å². The van der Waals surface area contributed by atoms with Crippen LogP contribution in [-0.4, -0.2) is 71.3 Å². The summed E-state index contributed by atoms with van der Waals surface area (Å²) < 4.78 is 28.3. The van der Waals surface area contributed by atoms with Crippen LogP contribution in [-0.2, 0) is 16.4 Å². The zero-order valence-corrected chi connectivity index (χ0v) is 30.8. The van der Waals surface area contributed by atoms with E-state index in [0.717, 1.165) is 49.2 Å². The second-order valence-electron chi connectivity index (χ2n) is 14.7. The summed E-state index contributed by atoms with van der Waals surface area (Å²) in [6.45, 7) is 16.1. The van der Waals surface area contributed by atoms with Gasteiger partial charge in [-0.15, -0.1) is 9.89 Å². The first kappa shape index (κ1) is 37.2. The van der Waals surface area contributed by atoms with E-state index in [4.69, 9.17) is 15.1 Å². The maximum Gasteiger partial charge on any atom is 0.211 e. The summed E-state index contributed by atoms with van der Waals surface area (Å²) in [6, 6.07) is 4.76. The Morgan fingerprint density at radius 2 is 1.70 bits per heavy atom. The molecule has 262 valence electrons. The molecule has 2 N–H and O–H groups in total. The highest BCUT2D eigenvalue weighted by Gasteiger charge is 2.36. The highest BCUT2D eigenvalue weighted by atomic mass is 32.2. The smallest absolute Gasteiger partial charge is 0.211 e. The standard InChI is InChI=1S/C36H59N7O3S/c1-8-9-10-11-12-13-14-15-16-17-21-47(45,46)37-25-27(3)34-39-35-32(33(36(5,6)7)40-43(35)41-34)38-30-24-29-23-28(4)42(19-18-20-44)31(29)22-26(30)2/h22,24,27-28,37,44H,8-21,23,25H2,1-7H3/t27?,28-/m0/s1. The van der Waals surface area contributed by atoms with Gasteiger partial charge in [-0.05, 0) is 56.4 Å². The Kier molecular flexibility index (Phi) is 13.2. The molecule has 47 heavy (non-hydrogen) atoms. The van der Waals surface area contributed by atoms with Gasteiger partial charge in [-0.25, -0.2) is 23.1 Å². The molecule has 0 saturated heterocycles. The number of benzene rings is 1. The Morgan fingerprint density at radius 1 is 1.04 bits per heavy atom. The number of aliphatic hydroxyl groups excluding tert-OH is 1. The number of sulfonamides is 1. The highest BCUT2D eigenvalue weighted by molar-refractivity contribution is 7.89. The van der Waals surface area contributed by atoms with Crippen LogP contribution in [0.25, 0.3) is 0 Å². The fourth-order valence-corrected chi connectivity index (χ4v) is 7.67. The minimum Gasteiger partial charge on any atom is -0.396 e. The number of nitrogens with zero attached hydrogens (tertiary/aromatic N) is 6. The van der Waals surface area contributed by atoms with Crippen LogP contribution < -0.4 is 9.62 Å². The molecule has 0 saturated carbocycles. The average Bonchev–Trinajstić information content (AvgIpc) is 3.67. The maximum atomic E-state index is 12.7. The van der Waals surface area contributed by atoms with Crippen molar-refractivity contribution in [2.75, 3.05) is 30.3 Å². The quantitative estimate of drug-likeness (QED) is 0.155. The van der Waals surface area contributed by atoms with Gasteiger partial charge >= 0.3 is 0 Å². The number of hydrogen-bond acceptors (Lipinski definition) is 8. The third-order valence-electron chi connectivity index (χ3n) is 9.31. The lowest BCUT2D eigenvalue weighted by molar-refractivity contribution is 0.288. The van der Waals surface area contributed by atoms with Crippen LogP contribution in [0.2, 0.25) is 0 Å². The first-order chi connectivity index (χ1) is 22.3. The number of aliphatic hydroxyl groups is 1. The van der Waals surface area contributed by atoms with Gasteiger partial charge in [-0.1, -0.05) is 92.4 Å². The molecule has 0 radical (unpaired) electrons. The van der Waals surface area contributed by atoms with Gasteiger partial charge in [0.2, 0.25) is 15.8 Å². The predicted octanol–water partition coefficient (Wildman–Crippen LogP) is 7.05. The summed E-state index contributed by atoms with van der Waals surface area (Å²) in [5.41, 5.74) is 5.68. The maximum absolute atomic E-state index is 12.7. The van der Waals surface area contributed by atoms with E-state index in [-0.39, 0.29) is 30.2 Å². The monoisotopic (exact) mass is 669 g/mol. The molecule has 0 fully saturated rings. The van der Waals surface area contributed by atoms with Gasteiger partial charge in [0, 0.05) is 42.8 Å². The zero-order valence-electron chi connectivity index (χ0n) is 30.0. The number of hydrogen-bond donors (Lipinski definition) is 2. The average molecular weight is 670 g/mol. The first-order valence-electron chi connectivity index (χ1n) is 18.0. The fourth-order valence-electron chi connectivity index (χ4n) is 6.44. The molecule has 10 nitrogen and oxygen atoms in total. The van der Waals surface area contributed by atoms with Crippen LogP contribution in [0.3, 0.4) is 0 Å². The fraction of sp³-hybridized carbons (Fsp3) is 0.722. The normalized spacial score (nSPS) is 17.8. The van der Waals surface area contributed by atoms with E-state index < -0.39 is 10.0 Å². The molecule has 2 aliphatic rings. The van der Waals surface area contributed by atoms with E-state index in [0.29, 0.717) is 29.8 Å². The molecular formula is C36H59N7O3S. The van der Waals surface area contributed by atoms with Gasteiger partial charge in [0.25, 0.3) is 0 Å². The summed E-state index contributed by atoms with van der Waals surface area (Å²) in [5, 5.41) is 18.9. The highest BCUT2D eigenvalue weighted by Crippen LogP contribution is 2.38. The number of aryl methyl sites for hydroxylation is 1. The zero-order chi connectivity index (χ0) is 34.2. The summed E-state index contributed by atoms with van der Waals surface area (Å²) in [5.74, 6) is 1.06. The lowest BCUT2D eigenvalue weighted by atomic mass is 9.87. The van der Waals surface area contributed by atoms with Crippen molar-refractivity contribution in [3.05, 3.63) is 34.9 Å². The van der Waals surface area contributed by atoms with Crippen LogP contribution in [0.1, 0.15) is 141 Å². The first-order valence-corrected chi connectivity index (χ1v) is 19.6. The largest absolute Gasteiger partial charge is 0.396 e. The second kappa shape index (κ2) is 16.7. The molecule has 3 heterocycles. The molecule has 11 heteroatoms. The molecule has 0 amide bonds. The Balaban J connectivity index is 1.39. The Hall–Kier alpha value is -2.63. The van der Waals surface area contributed by atoms with Crippen LogP contribution in [0.5, 0.6) is 0 Å². The summed E-state index contributed by atoms with van der Waals surface area (Å²) in [6.07, 6.45) is 13.4. The van der Waals surface area contributed by atoms with Crippen LogP contribution >= 0.6 is 0 Å². The van der Waals surface area contributed by atoms with Crippen LogP contribution in [0, 0.1) is 12.3 Å². The molecule has 2 atom stereocenters. The summed E-state index contributed by atoms with van der Waals surface area (Å²) in [7, 11) is -3.37. The molecule has 0 bridgehead atoms. The van der Waals surface area contributed by atoms with E-state index in [1.807, 2.05) is 6.92 Å². The van der Waals surface area contributed by atoms with Crippen LogP contribution in [0.15, 0.2) is 22.2 Å². The van der Waals surface area contributed by atoms with E-state index >= 15 is 0 Å². The van der Waals surface area contributed by atoms with Crippen molar-refractivity contribution >= 4 is 32.8 Å². The molecule has 0 spiro atoms. The van der Waals surface area contributed by atoms with E-state index in [9.17, 15) is 13.5 Å². The topological polar surface area (TPSA) is 125 Å². The van der Waals surface area contributed by atoms with E-state index in [1.54, 1.807) is 4.79 Å². The predicted molar refractivity (Wildman–Crippen MR) is 194 cm³/mol. The molecular weight excluding hydrogens is 611 g/mol. The molecule has 1 aromatic carbocycles. The van der Waals surface area contributed by atoms with Crippen molar-refractivity contribution < 1.29 is 13.5 Å². The van der Waals surface area contributed by atoms with E-state index in [2.05, 4.69) is 68.4 Å². The van der Waals surface area contributed by atoms with Crippen LogP contribution in [0.4, 0.5) is 11.4 Å². The lowest BCUT2D eigenvalue weighted by Gasteiger charge is -2.25. The van der Waals surface area contributed by atoms with Gasteiger partial charge in [0.15, 0.2) is 5.82 Å². The lowest BCUT2D eigenvalue weighted by Crippen LogP contribution is -2.30. The van der Waals surface area contributed by atoms with Gasteiger partial charge < -0.3 is 10.0 Å². The van der Waals surface area contributed by atoms with Crippen molar-refractivity contribution in [3.63, 3.8) is 0 Å². The number of anilines is 1. The molecule has 4 rings (SSSR count). The van der Waals surface area contributed by atoms with Crippen molar-refractivity contribution in [1.29, 1.82) is 0 Å². The Bertz CT molecular complexity index is 1510. The minimum atomic E-state index is -3.37. The van der Waals surface area contributed by atoms with Crippen molar-refractivity contribution in [2.24, 2.45) is 15.5 Å². The third-order valence-corrected chi connectivity index (χ3v) is 10.7. The minimum absolute atomic E-state index is 0.150. The van der Waals surface area contributed by atoms with Gasteiger partial charge in [-0.3, -0.25) is 0 Å². The number of fused-ring (bicyclic) bond motifs is 2. The summed E-state index contributed by atoms with van der Waals surface area (Å²) in [4.78, 5) is 14.0. The van der Waals surface area contributed by atoms with Crippen molar-refractivity contribution in [1.82, 2.24) is 19.6 Å². The molecule has 1 aromatic heterocycles. The number of rotatable bonds is 19. The number of aliphatic imine (C=N–C) groups is 1. The second-order valence-corrected chi connectivity index (χ2v) is 16.6. The molecule has 2 aliphatic heterocycles.